The third-order valence-electron chi connectivity index (χ3n) is 4.43. The monoisotopic (exact) mass is 305 g/mol. The first kappa shape index (κ1) is 16.5. The van der Waals surface area contributed by atoms with Crippen LogP contribution >= 0.6 is 0 Å². The van der Waals surface area contributed by atoms with Crippen LogP contribution < -0.4 is 5.32 Å². The Morgan fingerprint density at radius 2 is 1.95 bits per heavy atom. The van der Waals surface area contributed by atoms with Crippen molar-refractivity contribution in [1.29, 1.82) is 0 Å². The number of carbonyl (C=O) groups excluding carboxylic acids is 1. The first-order valence-electron chi connectivity index (χ1n) is 7.65. The highest BCUT2D eigenvalue weighted by Crippen LogP contribution is 2.32. The van der Waals surface area contributed by atoms with Crippen LogP contribution in [0.3, 0.4) is 0 Å². The van der Waals surface area contributed by atoms with Crippen LogP contribution in [-0.2, 0) is 16.0 Å². The maximum absolute atomic E-state index is 12.3. The first-order chi connectivity index (χ1) is 10.4. The predicted octanol–water partition coefficient (Wildman–Crippen LogP) is 2.10. The summed E-state index contributed by atoms with van der Waals surface area (Å²) >= 11 is 0. The van der Waals surface area contributed by atoms with Crippen LogP contribution in [0.25, 0.3) is 0 Å². The maximum atomic E-state index is 12.3. The van der Waals surface area contributed by atoms with Crippen LogP contribution in [-0.4, -0.2) is 35.7 Å². The number of hydrogen-bond donors (Lipinski definition) is 2. The van der Waals surface area contributed by atoms with E-state index in [4.69, 9.17) is 9.84 Å². The van der Waals surface area contributed by atoms with Gasteiger partial charge in [0, 0.05) is 6.54 Å². The van der Waals surface area contributed by atoms with E-state index in [1.54, 1.807) is 18.2 Å². The number of ether oxygens (including phenoxy) is 1. The largest absolute Gasteiger partial charge is 0.478 e. The van der Waals surface area contributed by atoms with Crippen LogP contribution in [0.5, 0.6) is 0 Å². The molecule has 1 aliphatic heterocycles. The second kappa shape index (κ2) is 6.92. The normalized spacial score (nSPS) is 27.6. The molecule has 2 rings (SSSR count). The molecule has 1 saturated heterocycles. The molecule has 0 saturated carbocycles. The summed E-state index contributed by atoms with van der Waals surface area (Å²) in [6, 6.07) is 6.79. The molecule has 0 aliphatic carbocycles. The number of rotatable bonds is 5. The van der Waals surface area contributed by atoms with E-state index < -0.39 is 5.97 Å². The summed E-state index contributed by atoms with van der Waals surface area (Å²) in [5, 5.41) is 11.9. The van der Waals surface area contributed by atoms with Gasteiger partial charge in [0.1, 0.15) is 0 Å². The number of benzene rings is 1. The summed E-state index contributed by atoms with van der Waals surface area (Å²) in [5.41, 5.74) is 1.17. The molecule has 2 N–H and O–H groups in total. The van der Waals surface area contributed by atoms with Crippen LogP contribution in [0.15, 0.2) is 24.3 Å². The summed E-state index contributed by atoms with van der Waals surface area (Å²) in [4.78, 5) is 23.2. The summed E-state index contributed by atoms with van der Waals surface area (Å²) in [6.07, 6.45) is 0.636. The fraction of sp³-hybridized carbons (Fsp3) is 0.529. The molecule has 1 aromatic rings. The van der Waals surface area contributed by atoms with E-state index in [-0.39, 0.29) is 35.5 Å². The highest BCUT2D eigenvalue weighted by atomic mass is 16.5. The van der Waals surface area contributed by atoms with Gasteiger partial charge < -0.3 is 15.2 Å². The fourth-order valence-electron chi connectivity index (χ4n) is 3.03. The standard InChI is InChI=1S/C17H23NO4/c1-10-11(2)22-12(3)15(10)16(19)18-8-7-13-5-4-6-14(9-13)17(20)21/h4-6,9-12,15H,7-8H2,1-3H3,(H,18,19)(H,20,21). The lowest BCUT2D eigenvalue weighted by Crippen LogP contribution is -2.38. The minimum atomic E-state index is -0.939. The Hall–Kier alpha value is -1.88. The van der Waals surface area contributed by atoms with Gasteiger partial charge in [0.2, 0.25) is 5.91 Å². The average Bonchev–Trinajstić information content (AvgIpc) is 2.72. The summed E-state index contributed by atoms with van der Waals surface area (Å²) in [6.45, 7) is 6.45. The highest BCUT2D eigenvalue weighted by molar-refractivity contribution is 5.87. The van der Waals surface area contributed by atoms with Gasteiger partial charge in [-0.05, 0) is 43.9 Å². The number of carbonyl (C=O) groups is 2. The topological polar surface area (TPSA) is 75.6 Å². The van der Waals surface area contributed by atoms with Crippen molar-refractivity contribution in [1.82, 2.24) is 5.32 Å². The van der Waals surface area contributed by atoms with Crippen molar-refractivity contribution in [2.24, 2.45) is 11.8 Å². The molecule has 22 heavy (non-hydrogen) atoms. The van der Waals surface area contributed by atoms with Gasteiger partial charge in [-0.2, -0.15) is 0 Å². The molecule has 0 aromatic heterocycles. The van der Waals surface area contributed by atoms with Crippen molar-refractivity contribution in [2.45, 2.75) is 39.4 Å². The van der Waals surface area contributed by atoms with Crippen LogP contribution in [0, 0.1) is 11.8 Å². The molecule has 0 bridgehead atoms. The van der Waals surface area contributed by atoms with Gasteiger partial charge in [0.05, 0.1) is 23.7 Å². The number of hydrogen-bond acceptors (Lipinski definition) is 3. The Labute approximate surface area is 130 Å². The van der Waals surface area contributed by atoms with Gasteiger partial charge >= 0.3 is 5.97 Å². The van der Waals surface area contributed by atoms with Gasteiger partial charge in [-0.3, -0.25) is 4.79 Å². The molecule has 1 amide bonds. The smallest absolute Gasteiger partial charge is 0.335 e. The lowest BCUT2D eigenvalue weighted by molar-refractivity contribution is -0.127. The minimum Gasteiger partial charge on any atom is -0.478 e. The molecule has 4 unspecified atom stereocenters. The van der Waals surface area contributed by atoms with E-state index in [1.165, 1.54) is 0 Å². The third-order valence-corrected chi connectivity index (χ3v) is 4.43. The van der Waals surface area contributed by atoms with Gasteiger partial charge in [-0.25, -0.2) is 4.79 Å². The molecule has 0 radical (unpaired) electrons. The number of carboxylic acid groups (broad SMARTS) is 1. The quantitative estimate of drug-likeness (QED) is 0.873. The van der Waals surface area contributed by atoms with Gasteiger partial charge in [0.15, 0.2) is 0 Å². The summed E-state index contributed by atoms with van der Waals surface area (Å²) in [5.74, 6) is -0.852. The zero-order chi connectivity index (χ0) is 16.3. The molecule has 1 fully saturated rings. The molecule has 5 heteroatoms. The predicted molar refractivity (Wildman–Crippen MR) is 82.8 cm³/mol. The zero-order valence-electron chi connectivity index (χ0n) is 13.2. The Kier molecular flexibility index (Phi) is 5.19. The maximum Gasteiger partial charge on any atom is 0.335 e. The molecule has 0 spiro atoms. The molecule has 1 heterocycles. The van der Waals surface area contributed by atoms with Gasteiger partial charge in [-0.15, -0.1) is 0 Å². The molecular weight excluding hydrogens is 282 g/mol. The SMILES string of the molecule is CC1OC(C)C(C(=O)NCCc2cccc(C(=O)O)c2)C1C. The van der Waals surface area contributed by atoms with E-state index in [2.05, 4.69) is 5.32 Å². The van der Waals surface area contributed by atoms with Crippen LogP contribution in [0.1, 0.15) is 36.7 Å². The van der Waals surface area contributed by atoms with Crippen LogP contribution in [0.2, 0.25) is 0 Å². The van der Waals surface area contributed by atoms with Crippen molar-refractivity contribution < 1.29 is 19.4 Å². The molecule has 4 atom stereocenters. The van der Waals surface area contributed by atoms with Crippen LogP contribution in [0.4, 0.5) is 0 Å². The molecule has 5 nitrogen and oxygen atoms in total. The Morgan fingerprint density at radius 3 is 2.55 bits per heavy atom. The molecular formula is C17H23NO4. The second-order valence-corrected chi connectivity index (χ2v) is 5.98. The summed E-state index contributed by atoms with van der Waals surface area (Å²) < 4.78 is 5.69. The molecule has 1 aromatic carbocycles. The van der Waals surface area contributed by atoms with E-state index >= 15 is 0 Å². The highest BCUT2D eigenvalue weighted by Gasteiger charge is 2.41. The average molecular weight is 305 g/mol. The molecule has 120 valence electrons. The van der Waals surface area contributed by atoms with E-state index in [0.717, 1.165) is 5.56 Å². The van der Waals surface area contributed by atoms with E-state index in [0.29, 0.717) is 13.0 Å². The van der Waals surface area contributed by atoms with E-state index in [9.17, 15) is 9.59 Å². The lowest BCUT2D eigenvalue weighted by Gasteiger charge is -2.18. The van der Waals surface area contributed by atoms with Gasteiger partial charge in [0.25, 0.3) is 0 Å². The minimum absolute atomic E-state index is 0.0127. The zero-order valence-corrected chi connectivity index (χ0v) is 13.2. The number of amides is 1. The first-order valence-corrected chi connectivity index (χ1v) is 7.65. The molecule has 1 aliphatic rings. The van der Waals surface area contributed by atoms with Crippen molar-refractivity contribution in [2.75, 3.05) is 6.54 Å². The Balaban J connectivity index is 1.87. The second-order valence-electron chi connectivity index (χ2n) is 5.98. The van der Waals surface area contributed by atoms with Crippen molar-refractivity contribution >= 4 is 11.9 Å². The number of carboxylic acids is 1. The van der Waals surface area contributed by atoms with Gasteiger partial charge in [-0.1, -0.05) is 19.1 Å². The van der Waals surface area contributed by atoms with Crippen molar-refractivity contribution in [3.8, 4) is 0 Å². The fourth-order valence-corrected chi connectivity index (χ4v) is 3.03. The summed E-state index contributed by atoms with van der Waals surface area (Å²) in [7, 11) is 0. The number of nitrogens with one attached hydrogen (secondary N) is 1. The van der Waals surface area contributed by atoms with Crippen molar-refractivity contribution in [3.05, 3.63) is 35.4 Å². The van der Waals surface area contributed by atoms with E-state index in [1.807, 2.05) is 26.8 Å². The third kappa shape index (κ3) is 3.65. The lowest BCUT2D eigenvalue weighted by atomic mass is 9.89. The Morgan fingerprint density at radius 1 is 1.23 bits per heavy atom. The van der Waals surface area contributed by atoms with Crippen molar-refractivity contribution in [3.63, 3.8) is 0 Å². The number of aromatic carboxylic acids is 1. The Bertz CT molecular complexity index is 557.